The van der Waals surface area contributed by atoms with Gasteiger partial charge >= 0.3 is 0 Å². The van der Waals surface area contributed by atoms with E-state index in [4.69, 9.17) is 5.73 Å². The van der Waals surface area contributed by atoms with Gasteiger partial charge in [-0.05, 0) is 37.5 Å². The number of amides is 1. The van der Waals surface area contributed by atoms with Gasteiger partial charge in [-0.15, -0.1) is 0 Å². The van der Waals surface area contributed by atoms with Gasteiger partial charge in [-0.1, -0.05) is 11.6 Å². The molecule has 0 saturated heterocycles. The summed E-state index contributed by atoms with van der Waals surface area (Å²) in [6.45, 7) is 0.430. The van der Waals surface area contributed by atoms with Gasteiger partial charge in [0.15, 0.2) is 0 Å². The molecule has 2 bridgehead atoms. The molecule has 2 aliphatic rings. The molecule has 2 atom stereocenters. The summed E-state index contributed by atoms with van der Waals surface area (Å²) in [5.74, 6) is 0.677. The van der Waals surface area contributed by atoms with E-state index in [2.05, 4.69) is 19.7 Å². The predicted molar refractivity (Wildman–Crippen MR) is 91.7 cm³/mol. The minimum Gasteiger partial charge on any atom is -0.364 e. The Balaban J connectivity index is 1.39. The molecule has 2 fully saturated rings. The summed E-state index contributed by atoms with van der Waals surface area (Å²) in [6.07, 6.45) is 6.47. The molecule has 1 aromatic rings. The lowest BCUT2D eigenvalue weighted by molar-refractivity contribution is -0.127. The van der Waals surface area contributed by atoms with Crippen molar-refractivity contribution in [2.75, 3.05) is 13.1 Å². The van der Waals surface area contributed by atoms with E-state index in [1.54, 1.807) is 0 Å². The number of fused-ring (bicyclic) bond motifs is 2. The monoisotopic (exact) mass is 370 g/mol. The normalized spacial score (nSPS) is 29.3. The van der Waals surface area contributed by atoms with Gasteiger partial charge in [-0.25, -0.2) is 13.1 Å². The maximum absolute atomic E-state index is 12.4. The van der Waals surface area contributed by atoms with Crippen molar-refractivity contribution in [3.05, 3.63) is 18.0 Å². The molecular weight excluding hydrogens is 344 g/mol. The fourth-order valence-electron chi connectivity index (χ4n) is 4.10. The van der Waals surface area contributed by atoms with E-state index < -0.39 is 10.0 Å². The van der Waals surface area contributed by atoms with Crippen LogP contribution in [0.25, 0.3) is 0 Å². The molecule has 2 unspecified atom stereocenters. The predicted octanol–water partition coefficient (Wildman–Crippen LogP) is 0.364. The van der Waals surface area contributed by atoms with Crippen molar-refractivity contribution in [3.8, 4) is 0 Å². The average Bonchev–Trinajstić information content (AvgIpc) is 3.03. The van der Waals surface area contributed by atoms with Gasteiger partial charge in [-0.3, -0.25) is 4.79 Å². The second-order valence-corrected chi connectivity index (χ2v) is 8.94. The summed E-state index contributed by atoms with van der Waals surface area (Å²) in [6, 6.07) is 1.74. The van der Waals surface area contributed by atoms with Crippen LogP contribution in [-0.4, -0.2) is 38.6 Å². The van der Waals surface area contributed by atoms with Crippen LogP contribution in [0, 0.1) is 17.8 Å². The highest BCUT2D eigenvalue weighted by atomic mass is 32.2. The van der Waals surface area contributed by atoms with Crippen LogP contribution in [0.5, 0.6) is 0 Å². The Kier molecular flexibility index (Phi) is 5.75. The number of carbonyl (C=O) groups excluding carboxylic acids is 1. The molecule has 2 aliphatic carbocycles. The molecule has 8 nitrogen and oxygen atoms in total. The molecule has 4 N–H and O–H groups in total. The van der Waals surface area contributed by atoms with E-state index >= 15 is 0 Å². The molecule has 1 heterocycles. The van der Waals surface area contributed by atoms with Gasteiger partial charge in [0.2, 0.25) is 15.9 Å². The van der Waals surface area contributed by atoms with Crippen molar-refractivity contribution in [1.82, 2.24) is 15.2 Å². The quantitative estimate of drug-likeness (QED) is 0.595. The zero-order valence-corrected chi connectivity index (χ0v) is 15.0. The van der Waals surface area contributed by atoms with E-state index in [1.165, 1.54) is 18.8 Å². The molecule has 9 heteroatoms. The molecule has 0 aliphatic heterocycles. The number of aromatic nitrogens is 1. The lowest BCUT2D eigenvalue weighted by Crippen LogP contribution is -2.49. The SMILES string of the molecule is NC1C2CCCC1CC(C(=O)NCCNS(=O)(=O)Cc1ccon1)C2. The molecule has 140 valence electrons. The molecular formula is C16H26N4O4S. The molecule has 25 heavy (non-hydrogen) atoms. The second kappa shape index (κ2) is 7.84. The first-order valence-corrected chi connectivity index (χ1v) is 10.5. The first-order chi connectivity index (χ1) is 11.9. The summed E-state index contributed by atoms with van der Waals surface area (Å²) in [5.41, 5.74) is 6.60. The fraction of sp³-hybridized carbons (Fsp3) is 0.750. The van der Waals surface area contributed by atoms with Crippen LogP contribution in [0.1, 0.15) is 37.8 Å². The van der Waals surface area contributed by atoms with Crippen molar-refractivity contribution in [2.45, 2.75) is 43.9 Å². The lowest BCUT2D eigenvalue weighted by atomic mass is 9.65. The van der Waals surface area contributed by atoms with Crippen LogP contribution in [0.15, 0.2) is 16.9 Å². The molecule has 1 amide bonds. The number of nitrogens with two attached hydrogens (primary N) is 1. The zero-order chi connectivity index (χ0) is 17.9. The molecule has 0 aromatic carbocycles. The van der Waals surface area contributed by atoms with Crippen LogP contribution < -0.4 is 15.8 Å². The van der Waals surface area contributed by atoms with Crippen molar-refractivity contribution >= 4 is 15.9 Å². The summed E-state index contributed by atoms with van der Waals surface area (Å²) in [4.78, 5) is 12.4. The number of sulfonamides is 1. The van der Waals surface area contributed by atoms with Gasteiger partial charge in [-0.2, -0.15) is 0 Å². The Hall–Kier alpha value is -1.45. The van der Waals surface area contributed by atoms with Gasteiger partial charge in [0.25, 0.3) is 0 Å². The number of nitrogens with zero attached hydrogens (tertiary/aromatic N) is 1. The van der Waals surface area contributed by atoms with Crippen molar-refractivity contribution in [1.29, 1.82) is 0 Å². The zero-order valence-electron chi connectivity index (χ0n) is 14.2. The number of hydrogen-bond donors (Lipinski definition) is 3. The summed E-state index contributed by atoms with van der Waals surface area (Å²) >= 11 is 0. The van der Waals surface area contributed by atoms with E-state index in [1.807, 2.05) is 0 Å². The van der Waals surface area contributed by atoms with Gasteiger partial charge < -0.3 is 15.6 Å². The van der Waals surface area contributed by atoms with Crippen LogP contribution in [-0.2, 0) is 20.6 Å². The number of carbonyl (C=O) groups is 1. The van der Waals surface area contributed by atoms with Crippen LogP contribution in [0.4, 0.5) is 0 Å². The van der Waals surface area contributed by atoms with Crippen molar-refractivity contribution in [2.24, 2.45) is 23.5 Å². The minimum absolute atomic E-state index is 0.00170. The van der Waals surface area contributed by atoms with Crippen molar-refractivity contribution in [3.63, 3.8) is 0 Å². The highest BCUT2D eigenvalue weighted by Crippen LogP contribution is 2.41. The van der Waals surface area contributed by atoms with Crippen LogP contribution in [0.2, 0.25) is 0 Å². The van der Waals surface area contributed by atoms with Gasteiger partial charge in [0.1, 0.15) is 12.0 Å². The van der Waals surface area contributed by atoms with Gasteiger partial charge in [0.05, 0.1) is 5.69 Å². The van der Waals surface area contributed by atoms with Gasteiger partial charge in [0, 0.05) is 31.1 Å². The van der Waals surface area contributed by atoms with Crippen molar-refractivity contribution < 1.29 is 17.7 Å². The van der Waals surface area contributed by atoms with Crippen LogP contribution >= 0.6 is 0 Å². The average molecular weight is 370 g/mol. The summed E-state index contributed by atoms with van der Waals surface area (Å²) in [5, 5.41) is 6.43. The van der Waals surface area contributed by atoms with E-state index in [9.17, 15) is 13.2 Å². The van der Waals surface area contributed by atoms with E-state index in [0.29, 0.717) is 17.5 Å². The highest BCUT2D eigenvalue weighted by molar-refractivity contribution is 7.88. The third kappa shape index (κ3) is 4.80. The molecule has 3 rings (SSSR count). The number of nitrogens with one attached hydrogen (secondary N) is 2. The number of rotatable bonds is 7. The maximum Gasteiger partial charge on any atom is 0.223 e. The number of hydrogen-bond acceptors (Lipinski definition) is 6. The maximum atomic E-state index is 12.4. The first-order valence-electron chi connectivity index (χ1n) is 8.84. The molecule has 2 saturated carbocycles. The third-order valence-electron chi connectivity index (χ3n) is 5.36. The summed E-state index contributed by atoms with van der Waals surface area (Å²) in [7, 11) is -3.49. The van der Waals surface area contributed by atoms with E-state index in [0.717, 1.165) is 25.7 Å². The second-order valence-electron chi connectivity index (χ2n) is 7.13. The smallest absolute Gasteiger partial charge is 0.223 e. The standard InChI is InChI=1S/C16H26N4O4S/c17-15-11-2-1-3-12(15)9-13(8-11)16(21)18-5-6-19-25(22,23)10-14-4-7-24-20-14/h4,7,11-13,15,19H,1-3,5-6,8-10,17H2,(H,18,21). The Morgan fingerprint density at radius 3 is 2.64 bits per heavy atom. The largest absolute Gasteiger partial charge is 0.364 e. The lowest BCUT2D eigenvalue weighted by Gasteiger charge is -2.43. The summed E-state index contributed by atoms with van der Waals surface area (Å²) < 4.78 is 30.9. The topological polar surface area (TPSA) is 127 Å². The Bertz CT molecular complexity index is 662. The van der Waals surface area contributed by atoms with E-state index in [-0.39, 0.29) is 36.7 Å². The Morgan fingerprint density at radius 2 is 2.00 bits per heavy atom. The Morgan fingerprint density at radius 1 is 1.28 bits per heavy atom. The Labute approximate surface area is 147 Å². The molecule has 1 aromatic heterocycles. The fourth-order valence-corrected chi connectivity index (χ4v) is 5.15. The third-order valence-corrected chi connectivity index (χ3v) is 6.68. The highest BCUT2D eigenvalue weighted by Gasteiger charge is 2.40. The minimum atomic E-state index is -3.49. The molecule has 0 radical (unpaired) electrons. The first kappa shape index (κ1) is 18.3. The molecule has 0 spiro atoms. The van der Waals surface area contributed by atoms with Crippen LogP contribution in [0.3, 0.4) is 0 Å².